The molecule has 6 heteroatoms. The van der Waals surface area contributed by atoms with Crippen molar-refractivity contribution in [2.75, 3.05) is 26.7 Å². The van der Waals surface area contributed by atoms with Crippen LogP contribution in [0.1, 0.15) is 13.8 Å². The molecule has 2 nitrogen and oxygen atoms in total. The topological polar surface area (TPSA) is 15.3 Å². The van der Waals surface area contributed by atoms with E-state index in [-0.39, 0.29) is 6.04 Å². The second-order valence-electron chi connectivity index (χ2n) is 3.70. The summed E-state index contributed by atoms with van der Waals surface area (Å²) in [5.41, 5.74) is 0. The first-order chi connectivity index (χ1) is 6.79. The summed E-state index contributed by atoms with van der Waals surface area (Å²) in [5.74, 6) is -3.95. The predicted molar refractivity (Wildman–Crippen MR) is 51.6 cm³/mol. The lowest BCUT2D eigenvalue weighted by molar-refractivity contribution is -0.126. The Morgan fingerprint density at radius 3 is 2.27 bits per heavy atom. The molecular weight excluding hydrogens is 212 g/mol. The average molecular weight is 230 g/mol. The predicted octanol–water partition coefficient (Wildman–Crippen LogP) is 1.82. The van der Waals surface area contributed by atoms with Gasteiger partial charge in [-0.2, -0.15) is 8.78 Å². The Kier molecular flexibility index (Phi) is 6.12. The number of rotatable bonds is 7. The van der Waals surface area contributed by atoms with Gasteiger partial charge >= 0.3 is 12.3 Å². The maximum atomic E-state index is 12.5. The van der Waals surface area contributed by atoms with Crippen LogP contribution in [-0.4, -0.2) is 50.0 Å². The highest BCUT2D eigenvalue weighted by molar-refractivity contribution is 4.75. The molecule has 0 spiro atoms. The van der Waals surface area contributed by atoms with Crippen LogP contribution >= 0.6 is 0 Å². The van der Waals surface area contributed by atoms with E-state index in [0.717, 1.165) is 6.54 Å². The Morgan fingerprint density at radius 1 is 1.33 bits per heavy atom. The highest BCUT2D eigenvalue weighted by atomic mass is 19.3. The molecule has 0 fully saturated rings. The van der Waals surface area contributed by atoms with Crippen LogP contribution in [-0.2, 0) is 0 Å². The molecule has 15 heavy (non-hydrogen) atoms. The third-order valence-corrected chi connectivity index (χ3v) is 2.13. The number of nitrogens with zero attached hydrogens (tertiary/aromatic N) is 1. The van der Waals surface area contributed by atoms with Crippen molar-refractivity contribution in [1.82, 2.24) is 10.2 Å². The molecule has 1 atom stereocenters. The van der Waals surface area contributed by atoms with Gasteiger partial charge in [0.2, 0.25) is 0 Å². The van der Waals surface area contributed by atoms with Gasteiger partial charge in [0, 0.05) is 12.6 Å². The van der Waals surface area contributed by atoms with Crippen molar-refractivity contribution in [3.8, 4) is 0 Å². The molecule has 0 heterocycles. The molecule has 92 valence electrons. The van der Waals surface area contributed by atoms with Gasteiger partial charge in [-0.15, -0.1) is 0 Å². The molecule has 0 saturated heterocycles. The standard InChI is InChI=1S/C9H18F4N2/c1-4-15(3)5-7(2)14-6-9(12,13)8(10)11/h7-8,14H,4-6H2,1-3H3. The van der Waals surface area contributed by atoms with Gasteiger partial charge in [-0.05, 0) is 20.5 Å². The van der Waals surface area contributed by atoms with E-state index in [4.69, 9.17) is 0 Å². The number of alkyl halides is 4. The summed E-state index contributed by atoms with van der Waals surface area (Å²) in [6, 6.07) is -0.237. The highest BCUT2D eigenvalue weighted by Gasteiger charge is 2.40. The van der Waals surface area contributed by atoms with Crippen LogP contribution < -0.4 is 5.32 Å². The zero-order valence-corrected chi connectivity index (χ0v) is 9.24. The molecular formula is C9H18F4N2. The van der Waals surface area contributed by atoms with Crippen molar-refractivity contribution < 1.29 is 17.6 Å². The minimum absolute atomic E-state index is 0.237. The van der Waals surface area contributed by atoms with Crippen molar-refractivity contribution in [3.63, 3.8) is 0 Å². The zero-order chi connectivity index (χ0) is 12.1. The largest absolute Gasteiger partial charge is 0.319 e. The van der Waals surface area contributed by atoms with E-state index in [9.17, 15) is 17.6 Å². The van der Waals surface area contributed by atoms with Gasteiger partial charge in [-0.1, -0.05) is 6.92 Å². The van der Waals surface area contributed by atoms with Crippen molar-refractivity contribution in [2.45, 2.75) is 32.2 Å². The Balaban J connectivity index is 3.84. The van der Waals surface area contributed by atoms with Crippen molar-refractivity contribution in [2.24, 2.45) is 0 Å². The Hall–Kier alpha value is -0.360. The summed E-state index contributed by atoms with van der Waals surface area (Å²) < 4.78 is 48.6. The van der Waals surface area contributed by atoms with E-state index >= 15 is 0 Å². The van der Waals surface area contributed by atoms with Crippen LogP contribution in [0.25, 0.3) is 0 Å². The molecule has 0 radical (unpaired) electrons. The second kappa shape index (κ2) is 6.27. The fraction of sp³-hybridized carbons (Fsp3) is 1.00. The number of halogens is 4. The smallest absolute Gasteiger partial charge is 0.307 e. The molecule has 0 rings (SSSR count). The molecule has 1 N–H and O–H groups in total. The fourth-order valence-electron chi connectivity index (χ4n) is 1.05. The second-order valence-corrected chi connectivity index (χ2v) is 3.70. The van der Waals surface area contributed by atoms with E-state index < -0.39 is 18.9 Å². The van der Waals surface area contributed by atoms with Crippen LogP contribution in [0.15, 0.2) is 0 Å². The summed E-state index contributed by atoms with van der Waals surface area (Å²) in [4.78, 5) is 1.91. The van der Waals surface area contributed by atoms with Crippen LogP contribution in [0.5, 0.6) is 0 Å². The fourth-order valence-corrected chi connectivity index (χ4v) is 1.05. The maximum absolute atomic E-state index is 12.5. The number of hydrogen-bond donors (Lipinski definition) is 1. The van der Waals surface area contributed by atoms with Gasteiger partial charge in [-0.3, -0.25) is 0 Å². The molecule has 0 aliphatic carbocycles. The first-order valence-corrected chi connectivity index (χ1v) is 4.87. The minimum atomic E-state index is -3.95. The van der Waals surface area contributed by atoms with Crippen LogP contribution in [0.3, 0.4) is 0 Å². The van der Waals surface area contributed by atoms with Gasteiger partial charge in [0.25, 0.3) is 0 Å². The Morgan fingerprint density at radius 2 is 1.87 bits per heavy atom. The molecule has 0 aromatic carbocycles. The summed E-state index contributed by atoms with van der Waals surface area (Å²) >= 11 is 0. The van der Waals surface area contributed by atoms with Crippen molar-refractivity contribution >= 4 is 0 Å². The average Bonchev–Trinajstić information content (AvgIpc) is 2.14. The molecule has 0 aromatic rings. The number of hydrogen-bond acceptors (Lipinski definition) is 2. The summed E-state index contributed by atoms with van der Waals surface area (Å²) in [6.45, 7) is 3.98. The third-order valence-electron chi connectivity index (χ3n) is 2.13. The van der Waals surface area contributed by atoms with Crippen molar-refractivity contribution in [3.05, 3.63) is 0 Å². The first kappa shape index (κ1) is 14.6. The molecule has 0 aliphatic heterocycles. The van der Waals surface area contributed by atoms with E-state index in [1.165, 1.54) is 0 Å². The van der Waals surface area contributed by atoms with E-state index in [1.54, 1.807) is 6.92 Å². The highest BCUT2D eigenvalue weighted by Crippen LogP contribution is 2.21. The molecule has 1 unspecified atom stereocenters. The monoisotopic (exact) mass is 230 g/mol. The number of likely N-dealkylation sites (N-methyl/N-ethyl adjacent to an activating group) is 1. The summed E-state index contributed by atoms with van der Waals surface area (Å²) in [5, 5.41) is 2.40. The third kappa shape index (κ3) is 5.94. The SMILES string of the molecule is CCN(C)CC(C)NCC(F)(F)C(F)F. The maximum Gasteiger partial charge on any atom is 0.319 e. The molecule has 0 bridgehead atoms. The van der Waals surface area contributed by atoms with Gasteiger partial charge in [-0.25, -0.2) is 8.78 Å². The Labute approximate surface area is 87.6 Å². The lowest BCUT2D eigenvalue weighted by Crippen LogP contribution is -2.45. The normalized spacial score (nSPS) is 15.0. The van der Waals surface area contributed by atoms with Crippen LogP contribution in [0, 0.1) is 0 Å². The lowest BCUT2D eigenvalue weighted by Gasteiger charge is -2.23. The first-order valence-electron chi connectivity index (χ1n) is 4.87. The van der Waals surface area contributed by atoms with Crippen LogP contribution in [0.2, 0.25) is 0 Å². The molecule has 0 aromatic heterocycles. The molecule has 0 saturated carbocycles. The van der Waals surface area contributed by atoms with Crippen molar-refractivity contribution in [1.29, 1.82) is 0 Å². The number of nitrogens with one attached hydrogen (secondary N) is 1. The summed E-state index contributed by atoms with van der Waals surface area (Å²) in [7, 11) is 1.84. The van der Waals surface area contributed by atoms with E-state index in [2.05, 4.69) is 5.32 Å². The summed E-state index contributed by atoms with van der Waals surface area (Å²) in [6.07, 6.45) is -3.61. The minimum Gasteiger partial charge on any atom is -0.307 e. The van der Waals surface area contributed by atoms with Crippen LogP contribution in [0.4, 0.5) is 17.6 Å². The lowest BCUT2D eigenvalue weighted by atomic mass is 10.2. The zero-order valence-electron chi connectivity index (χ0n) is 9.24. The van der Waals surface area contributed by atoms with Gasteiger partial charge < -0.3 is 10.2 Å². The van der Waals surface area contributed by atoms with E-state index in [1.807, 2.05) is 18.9 Å². The molecule has 0 aliphatic rings. The van der Waals surface area contributed by atoms with Gasteiger partial charge in [0.05, 0.1) is 6.54 Å². The van der Waals surface area contributed by atoms with E-state index in [0.29, 0.717) is 6.54 Å². The molecule has 0 amide bonds. The quantitative estimate of drug-likeness (QED) is 0.671. The van der Waals surface area contributed by atoms with Gasteiger partial charge in [0.15, 0.2) is 0 Å². The Bertz CT molecular complexity index is 175. The van der Waals surface area contributed by atoms with Gasteiger partial charge in [0.1, 0.15) is 0 Å².